The third-order valence-electron chi connectivity index (χ3n) is 4.47. The average Bonchev–Trinajstić information content (AvgIpc) is 2.88. The molecule has 5 heteroatoms. The van der Waals surface area contributed by atoms with E-state index in [2.05, 4.69) is 0 Å². The highest BCUT2D eigenvalue weighted by atomic mass is 19.1. The van der Waals surface area contributed by atoms with Gasteiger partial charge < -0.3 is 10.0 Å². The van der Waals surface area contributed by atoms with E-state index in [1.165, 1.54) is 17.0 Å². The highest BCUT2D eigenvalue weighted by Gasteiger charge is 2.43. The van der Waals surface area contributed by atoms with Crippen LogP contribution < -0.4 is 0 Å². The zero-order valence-electron chi connectivity index (χ0n) is 14.6. The third kappa shape index (κ3) is 3.25. The van der Waals surface area contributed by atoms with Crippen LogP contribution in [0.25, 0.3) is 0 Å². The Morgan fingerprint density at radius 1 is 1.12 bits per heavy atom. The van der Waals surface area contributed by atoms with Gasteiger partial charge in [0, 0.05) is 12.5 Å². The molecule has 3 rings (SSSR count). The Balaban J connectivity index is 2.04. The van der Waals surface area contributed by atoms with Crippen LogP contribution in [-0.4, -0.2) is 21.7 Å². The van der Waals surface area contributed by atoms with Crippen LogP contribution in [0.4, 0.5) is 4.39 Å². The first kappa shape index (κ1) is 17.9. The maximum atomic E-state index is 13.2. The molecule has 0 aromatic heterocycles. The summed E-state index contributed by atoms with van der Waals surface area (Å²) in [6.45, 7) is 3.63. The summed E-state index contributed by atoms with van der Waals surface area (Å²) in [5.74, 6) is -2.06. The van der Waals surface area contributed by atoms with Crippen molar-refractivity contribution in [2.75, 3.05) is 0 Å². The number of hydrogen-bond donors (Lipinski definition) is 1. The van der Waals surface area contributed by atoms with Crippen molar-refractivity contribution in [2.45, 2.75) is 26.4 Å². The van der Waals surface area contributed by atoms with Gasteiger partial charge in [-0.15, -0.1) is 0 Å². The van der Waals surface area contributed by atoms with E-state index in [1.807, 2.05) is 30.3 Å². The lowest BCUT2D eigenvalue weighted by Crippen LogP contribution is -2.31. The number of hydrogen-bond acceptors (Lipinski definition) is 3. The van der Waals surface area contributed by atoms with E-state index >= 15 is 0 Å². The summed E-state index contributed by atoms with van der Waals surface area (Å²) in [5, 5.41) is 10.4. The predicted octanol–water partition coefficient (Wildman–Crippen LogP) is 3.95. The minimum Gasteiger partial charge on any atom is -0.503 e. The number of aliphatic hydroxyl groups excluding tert-OH is 1. The Labute approximate surface area is 151 Å². The van der Waals surface area contributed by atoms with Crippen molar-refractivity contribution in [3.63, 3.8) is 0 Å². The van der Waals surface area contributed by atoms with Gasteiger partial charge in [-0.3, -0.25) is 9.59 Å². The molecule has 2 aromatic carbocycles. The van der Waals surface area contributed by atoms with Gasteiger partial charge in [-0.2, -0.15) is 0 Å². The van der Waals surface area contributed by atoms with Crippen molar-refractivity contribution in [1.82, 2.24) is 4.90 Å². The molecule has 134 valence electrons. The summed E-state index contributed by atoms with van der Waals surface area (Å²) >= 11 is 0. The highest BCUT2D eigenvalue weighted by molar-refractivity contribution is 6.09. The molecule has 0 bridgehead atoms. The molecule has 0 fully saturated rings. The van der Waals surface area contributed by atoms with Gasteiger partial charge in [0.25, 0.3) is 5.91 Å². The van der Waals surface area contributed by atoms with Crippen molar-refractivity contribution in [1.29, 1.82) is 0 Å². The molecule has 2 aromatic rings. The van der Waals surface area contributed by atoms with Gasteiger partial charge in [0.15, 0.2) is 11.5 Å². The fourth-order valence-electron chi connectivity index (χ4n) is 3.15. The minimum absolute atomic E-state index is 0.123. The number of rotatable bonds is 5. The van der Waals surface area contributed by atoms with Crippen molar-refractivity contribution >= 4 is 11.7 Å². The molecule has 4 nitrogen and oxygen atoms in total. The molecule has 1 aliphatic rings. The number of carbonyl (C=O) groups is 2. The fraction of sp³-hybridized carbons (Fsp3) is 0.238. The van der Waals surface area contributed by atoms with Gasteiger partial charge in [-0.25, -0.2) is 4.39 Å². The molecule has 1 aliphatic heterocycles. The lowest BCUT2D eigenvalue weighted by atomic mass is 9.91. The van der Waals surface area contributed by atoms with Gasteiger partial charge >= 0.3 is 0 Å². The summed E-state index contributed by atoms with van der Waals surface area (Å²) < 4.78 is 13.2. The Morgan fingerprint density at radius 2 is 1.73 bits per heavy atom. The number of aliphatic hydroxyl groups is 1. The molecule has 0 saturated carbocycles. The van der Waals surface area contributed by atoms with E-state index in [4.69, 9.17) is 0 Å². The summed E-state index contributed by atoms with van der Waals surface area (Å²) in [6, 6.07) is 14.3. The number of amides is 1. The van der Waals surface area contributed by atoms with E-state index in [1.54, 1.807) is 26.0 Å². The molecule has 26 heavy (non-hydrogen) atoms. The Kier molecular flexibility index (Phi) is 4.89. The van der Waals surface area contributed by atoms with Crippen LogP contribution in [0, 0.1) is 11.7 Å². The van der Waals surface area contributed by atoms with Crippen LogP contribution in [0.5, 0.6) is 0 Å². The van der Waals surface area contributed by atoms with E-state index in [9.17, 15) is 19.1 Å². The van der Waals surface area contributed by atoms with Gasteiger partial charge in [-0.05, 0) is 23.3 Å². The van der Waals surface area contributed by atoms with Crippen LogP contribution in [0.15, 0.2) is 65.9 Å². The van der Waals surface area contributed by atoms with Crippen molar-refractivity contribution < 1.29 is 19.1 Å². The van der Waals surface area contributed by atoms with Crippen molar-refractivity contribution in [3.05, 3.63) is 82.9 Å². The van der Waals surface area contributed by atoms with Crippen molar-refractivity contribution in [2.24, 2.45) is 5.92 Å². The monoisotopic (exact) mass is 353 g/mol. The quantitative estimate of drug-likeness (QED) is 0.886. The van der Waals surface area contributed by atoms with Crippen LogP contribution in [-0.2, 0) is 16.1 Å². The molecule has 1 unspecified atom stereocenters. The smallest absolute Gasteiger partial charge is 0.290 e. The summed E-state index contributed by atoms with van der Waals surface area (Å²) in [6.07, 6.45) is 0. The zero-order valence-corrected chi connectivity index (χ0v) is 14.6. The minimum atomic E-state index is -0.663. The molecule has 1 amide bonds. The Bertz CT molecular complexity index is 857. The van der Waals surface area contributed by atoms with Gasteiger partial charge in [0.1, 0.15) is 5.82 Å². The Morgan fingerprint density at radius 3 is 2.31 bits per heavy atom. The largest absolute Gasteiger partial charge is 0.503 e. The molecule has 0 spiro atoms. The normalized spacial score (nSPS) is 17.3. The lowest BCUT2D eigenvalue weighted by molar-refractivity contribution is -0.130. The van der Waals surface area contributed by atoms with E-state index in [-0.39, 0.29) is 29.6 Å². The van der Waals surface area contributed by atoms with E-state index in [0.717, 1.165) is 5.56 Å². The molecule has 1 N–H and O–H groups in total. The Hall–Kier alpha value is -2.95. The van der Waals surface area contributed by atoms with Crippen molar-refractivity contribution in [3.8, 4) is 0 Å². The number of nitrogens with zero attached hydrogens (tertiary/aromatic N) is 1. The molecule has 0 aliphatic carbocycles. The number of ketones is 1. The molecule has 0 radical (unpaired) electrons. The second-order valence-corrected chi connectivity index (χ2v) is 6.65. The predicted molar refractivity (Wildman–Crippen MR) is 95.6 cm³/mol. The van der Waals surface area contributed by atoms with E-state index < -0.39 is 17.7 Å². The molecular formula is C21H20FNO3. The molecular weight excluding hydrogens is 333 g/mol. The summed E-state index contributed by atoms with van der Waals surface area (Å²) in [4.78, 5) is 26.8. The molecule has 1 heterocycles. The second kappa shape index (κ2) is 7.12. The first-order valence-corrected chi connectivity index (χ1v) is 8.48. The molecule has 1 atom stereocenters. The van der Waals surface area contributed by atoms with Crippen LogP contribution in [0.1, 0.15) is 31.0 Å². The standard InChI is InChI=1S/C21H20FNO3/c1-13(2)19(24)17-18(15-6-4-3-5-7-15)23(21(26)20(17)25)12-14-8-10-16(22)11-9-14/h3-11,13,18,25H,12H2,1-2H3. The van der Waals surface area contributed by atoms with Crippen LogP contribution in [0.2, 0.25) is 0 Å². The highest BCUT2D eigenvalue weighted by Crippen LogP contribution is 2.39. The van der Waals surface area contributed by atoms with Gasteiger partial charge in [0.05, 0.1) is 11.6 Å². The topological polar surface area (TPSA) is 57.6 Å². The number of carbonyl (C=O) groups excluding carboxylic acids is 2. The van der Waals surface area contributed by atoms with E-state index in [0.29, 0.717) is 5.56 Å². The zero-order chi connectivity index (χ0) is 18.8. The maximum Gasteiger partial charge on any atom is 0.290 e. The second-order valence-electron chi connectivity index (χ2n) is 6.65. The SMILES string of the molecule is CC(C)C(=O)C1=C(O)C(=O)N(Cc2ccc(F)cc2)C1c1ccccc1. The van der Waals surface area contributed by atoms with Crippen LogP contribution >= 0.6 is 0 Å². The number of benzene rings is 2. The van der Waals surface area contributed by atoms with Crippen LogP contribution in [0.3, 0.4) is 0 Å². The van der Waals surface area contributed by atoms with Gasteiger partial charge in [0.2, 0.25) is 0 Å². The molecule has 0 saturated heterocycles. The lowest BCUT2D eigenvalue weighted by Gasteiger charge is -2.27. The summed E-state index contributed by atoms with van der Waals surface area (Å²) in [7, 11) is 0. The third-order valence-corrected chi connectivity index (χ3v) is 4.47. The summed E-state index contributed by atoms with van der Waals surface area (Å²) in [5.41, 5.74) is 1.58. The number of Topliss-reactive ketones (excluding diaryl/α,β-unsaturated/α-hetero) is 1. The van der Waals surface area contributed by atoms with Gasteiger partial charge in [-0.1, -0.05) is 56.3 Å². The maximum absolute atomic E-state index is 13.2. The first-order valence-electron chi connectivity index (χ1n) is 8.48. The average molecular weight is 353 g/mol. The fourth-order valence-corrected chi connectivity index (χ4v) is 3.15. The number of halogens is 1. The first-order chi connectivity index (χ1) is 12.4.